The van der Waals surface area contributed by atoms with Crippen molar-refractivity contribution < 1.29 is 23.1 Å². The molecule has 4 rings (SSSR count). The summed E-state index contributed by atoms with van der Waals surface area (Å²) in [5, 5.41) is 8.85. The van der Waals surface area contributed by atoms with Crippen molar-refractivity contribution in [2.24, 2.45) is 5.92 Å². The Bertz CT molecular complexity index is 986. The van der Waals surface area contributed by atoms with Gasteiger partial charge in [-0.1, -0.05) is 35.9 Å². The third kappa shape index (κ3) is 3.99. The summed E-state index contributed by atoms with van der Waals surface area (Å²) >= 11 is 6.09. The first-order valence-electron chi connectivity index (χ1n) is 8.61. The van der Waals surface area contributed by atoms with Crippen molar-refractivity contribution in [2.75, 3.05) is 5.73 Å². The van der Waals surface area contributed by atoms with Gasteiger partial charge in [-0.2, -0.15) is 13.2 Å². The fraction of sp³-hybridized carbons (Fsp3) is 0.300. The number of aromatic nitrogens is 1. The Kier molecular flexibility index (Phi) is 5.39. The lowest BCUT2D eigenvalue weighted by Gasteiger charge is -2.35. The van der Waals surface area contributed by atoms with Crippen LogP contribution >= 0.6 is 11.6 Å². The summed E-state index contributed by atoms with van der Waals surface area (Å²) in [5.74, 6) is -1.72. The predicted octanol–water partition coefficient (Wildman–Crippen LogP) is 5.27. The Morgan fingerprint density at radius 3 is 2.64 bits per heavy atom. The number of rotatable bonds is 1. The van der Waals surface area contributed by atoms with Gasteiger partial charge in [0, 0.05) is 27.4 Å². The van der Waals surface area contributed by atoms with Gasteiger partial charge in [-0.3, -0.25) is 4.98 Å². The van der Waals surface area contributed by atoms with E-state index in [4.69, 9.17) is 32.2 Å². The third-order valence-corrected chi connectivity index (χ3v) is 5.23. The van der Waals surface area contributed by atoms with Crippen molar-refractivity contribution in [3.8, 4) is 0 Å². The Hall–Kier alpha value is -2.54. The van der Waals surface area contributed by atoms with Crippen LogP contribution in [0.25, 0.3) is 10.9 Å². The second-order valence-electron chi connectivity index (χ2n) is 6.90. The van der Waals surface area contributed by atoms with E-state index >= 15 is 0 Å². The van der Waals surface area contributed by atoms with Gasteiger partial charge >= 0.3 is 12.1 Å². The minimum absolute atomic E-state index is 0.476. The average Bonchev–Trinajstić information content (AvgIpc) is 2.60. The van der Waals surface area contributed by atoms with Crippen LogP contribution < -0.4 is 5.73 Å². The molecule has 4 nitrogen and oxygen atoms in total. The first-order chi connectivity index (χ1) is 13.1. The standard InChI is InChI=1S/C18H17ClN2.C2HF3O2/c1-2-10-5-11-7-12(6-10)17-16(8-11)21-15-9-13(19)3-4-14(15)18(17)20;3-2(4,5)1(6)7/h2-5,9,11-12H,1,6-8H2,(H2,20,21);(H,6,7). The Morgan fingerprint density at radius 1 is 1.36 bits per heavy atom. The van der Waals surface area contributed by atoms with Crippen molar-refractivity contribution in [3.63, 3.8) is 0 Å². The molecule has 0 saturated carbocycles. The van der Waals surface area contributed by atoms with Crippen LogP contribution in [0.5, 0.6) is 0 Å². The van der Waals surface area contributed by atoms with Gasteiger partial charge in [-0.25, -0.2) is 4.79 Å². The summed E-state index contributed by atoms with van der Waals surface area (Å²) < 4.78 is 31.7. The van der Waals surface area contributed by atoms with Crippen molar-refractivity contribution in [1.29, 1.82) is 0 Å². The van der Waals surface area contributed by atoms with Crippen LogP contribution in [-0.4, -0.2) is 22.2 Å². The minimum atomic E-state index is -5.08. The lowest BCUT2D eigenvalue weighted by molar-refractivity contribution is -0.192. The number of carboxylic acids is 1. The number of nitrogens with zero attached hydrogens (tertiary/aromatic N) is 1. The monoisotopic (exact) mass is 410 g/mol. The topological polar surface area (TPSA) is 76.2 Å². The Balaban J connectivity index is 0.000000279. The zero-order chi connectivity index (χ0) is 20.6. The number of hydrogen-bond donors (Lipinski definition) is 2. The van der Waals surface area contributed by atoms with Crippen LogP contribution in [0.3, 0.4) is 0 Å². The number of benzene rings is 1. The number of pyridine rings is 1. The lowest BCUT2D eigenvalue weighted by atomic mass is 9.71. The number of aliphatic carboxylic acids is 1. The van der Waals surface area contributed by atoms with Gasteiger partial charge in [0.15, 0.2) is 0 Å². The van der Waals surface area contributed by atoms with Crippen LogP contribution in [0.2, 0.25) is 5.02 Å². The largest absolute Gasteiger partial charge is 0.490 e. The first kappa shape index (κ1) is 20.2. The summed E-state index contributed by atoms with van der Waals surface area (Å²) in [6, 6.07) is 5.78. The maximum absolute atomic E-state index is 10.6. The molecule has 1 heterocycles. The van der Waals surface area contributed by atoms with Crippen molar-refractivity contribution in [3.05, 3.63) is 58.8 Å². The number of fused-ring (bicyclic) bond motifs is 5. The Labute approximate surface area is 164 Å². The maximum Gasteiger partial charge on any atom is 0.490 e. The van der Waals surface area contributed by atoms with E-state index in [1.807, 2.05) is 24.3 Å². The van der Waals surface area contributed by atoms with E-state index in [2.05, 4.69) is 12.7 Å². The molecule has 2 aliphatic rings. The summed E-state index contributed by atoms with van der Waals surface area (Å²) in [5.41, 5.74) is 12.0. The van der Waals surface area contributed by atoms with E-state index in [1.54, 1.807) is 0 Å². The summed E-state index contributed by atoms with van der Waals surface area (Å²) in [4.78, 5) is 13.7. The number of nitrogens with two attached hydrogens (primary N) is 1. The number of nitrogen functional groups attached to an aromatic ring is 1. The molecule has 1 aromatic carbocycles. The van der Waals surface area contributed by atoms with E-state index in [9.17, 15) is 13.2 Å². The van der Waals surface area contributed by atoms with Crippen LogP contribution in [0.4, 0.5) is 18.9 Å². The number of alkyl halides is 3. The van der Waals surface area contributed by atoms with Gasteiger partial charge < -0.3 is 10.8 Å². The van der Waals surface area contributed by atoms with Crippen molar-refractivity contribution in [2.45, 2.75) is 31.4 Å². The number of anilines is 1. The molecular formula is C20H18ClF3N2O2. The molecule has 0 spiro atoms. The van der Waals surface area contributed by atoms with Gasteiger partial charge in [-0.15, -0.1) is 0 Å². The number of allylic oxidation sites excluding steroid dienone is 3. The average molecular weight is 411 g/mol. The zero-order valence-electron chi connectivity index (χ0n) is 14.8. The molecule has 28 heavy (non-hydrogen) atoms. The van der Waals surface area contributed by atoms with Crippen LogP contribution in [0, 0.1) is 5.92 Å². The van der Waals surface area contributed by atoms with Gasteiger partial charge in [0.2, 0.25) is 0 Å². The van der Waals surface area contributed by atoms with Gasteiger partial charge in [-0.05, 0) is 49.3 Å². The van der Waals surface area contributed by atoms with Crippen molar-refractivity contribution >= 4 is 34.2 Å². The number of hydrogen-bond acceptors (Lipinski definition) is 3. The highest BCUT2D eigenvalue weighted by Gasteiger charge is 2.38. The summed E-state index contributed by atoms with van der Waals surface area (Å²) in [6.07, 6.45) is 2.42. The van der Waals surface area contributed by atoms with Crippen LogP contribution in [-0.2, 0) is 11.2 Å². The molecule has 3 N–H and O–H groups in total. The molecular weight excluding hydrogens is 393 g/mol. The van der Waals surface area contributed by atoms with Crippen LogP contribution in [0.1, 0.15) is 30.0 Å². The minimum Gasteiger partial charge on any atom is -0.475 e. The molecule has 0 amide bonds. The smallest absolute Gasteiger partial charge is 0.475 e. The van der Waals surface area contributed by atoms with E-state index in [-0.39, 0.29) is 0 Å². The van der Waals surface area contributed by atoms with Crippen molar-refractivity contribution in [1.82, 2.24) is 4.98 Å². The molecule has 0 radical (unpaired) electrons. The van der Waals surface area contributed by atoms with Crippen LogP contribution in [0.15, 0.2) is 42.5 Å². The second-order valence-corrected chi connectivity index (χ2v) is 7.33. The highest BCUT2D eigenvalue weighted by Crippen LogP contribution is 2.46. The second kappa shape index (κ2) is 7.47. The molecule has 2 atom stereocenters. The highest BCUT2D eigenvalue weighted by molar-refractivity contribution is 6.31. The molecule has 2 unspecified atom stereocenters. The van der Waals surface area contributed by atoms with E-state index < -0.39 is 12.1 Å². The van der Waals surface area contributed by atoms with E-state index in [1.165, 1.54) is 17.6 Å². The van der Waals surface area contributed by atoms with Gasteiger partial charge in [0.05, 0.1) is 5.52 Å². The zero-order valence-corrected chi connectivity index (χ0v) is 15.5. The molecule has 8 heteroatoms. The Morgan fingerprint density at radius 2 is 2.04 bits per heavy atom. The maximum atomic E-state index is 10.6. The van der Waals surface area contributed by atoms with E-state index in [0.717, 1.165) is 35.1 Å². The lowest BCUT2D eigenvalue weighted by Crippen LogP contribution is -2.24. The first-order valence-corrected chi connectivity index (χ1v) is 8.98. The molecule has 1 aromatic heterocycles. The SMILES string of the molecule is C=CC1=CC2Cc3nc4cc(Cl)ccc4c(N)c3C(C1)C2.O=C(O)C(F)(F)F. The van der Waals surface area contributed by atoms with Gasteiger partial charge in [0.1, 0.15) is 0 Å². The normalized spacial score (nSPS) is 20.5. The number of halogens is 4. The molecule has 0 saturated heterocycles. The third-order valence-electron chi connectivity index (χ3n) is 4.99. The van der Waals surface area contributed by atoms with E-state index in [0.29, 0.717) is 16.9 Å². The molecule has 2 bridgehead atoms. The fourth-order valence-corrected chi connectivity index (χ4v) is 4.04. The fourth-order valence-electron chi connectivity index (χ4n) is 3.88. The predicted molar refractivity (Wildman–Crippen MR) is 102 cm³/mol. The summed E-state index contributed by atoms with van der Waals surface area (Å²) in [6.45, 7) is 3.92. The number of carbonyl (C=O) groups is 1. The molecule has 0 aliphatic heterocycles. The van der Waals surface area contributed by atoms with Gasteiger partial charge in [0.25, 0.3) is 0 Å². The number of carboxylic acid groups (broad SMARTS) is 1. The highest BCUT2D eigenvalue weighted by atomic mass is 35.5. The molecule has 2 aromatic rings. The molecule has 0 fully saturated rings. The summed E-state index contributed by atoms with van der Waals surface area (Å²) in [7, 11) is 0. The molecule has 2 aliphatic carbocycles. The molecule has 148 valence electrons. The quantitative estimate of drug-likeness (QED) is 0.671.